The normalized spacial score (nSPS) is 37.7. The second-order valence-corrected chi connectivity index (χ2v) is 22.2. The van der Waals surface area contributed by atoms with Gasteiger partial charge in [-0.05, 0) is 178 Å². The Labute approximate surface area is 366 Å². The first-order valence-corrected chi connectivity index (χ1v) is 26.7. The molecule has 8 fully saturated rings. The molecule has 0 aromatic heterocycles. The second-order valence-electron chi connectivity index (χ2n) is 22.2. The van der Waals surface area contributed by atoms with E-state index in [1.54, 1.807) is 6.92 Å². The Balaban J connectivity index is 0.883. The van der Waals surface area contributed by atoms with E-state index in [-0.39, 0.29) is 30.2 Å². The van der Waals surface area contributed by atoms with Gasteiger partial charge >= 0.3 is 6.09 Å². The van der Waals surface area contributed by atoms with Gasteiger partial charge in [0.05, 0.1) is 6.10 Å². The number of methoxy groups -OCH3 is 1. The summed E-state index contributed by atoms with van der Waals surface area (Å²) in [7, 11) is 1.96. The number of nitrogens with zero attached hydrogens (tertiary/aromatic N) is 2. The second kappa shape index (κ2) is 22.0. The summed E-state index contributed by atoms with van der Waals surface area (Å²) >= 11 is 0. The molecule has 0 radical (unpaired) electrons. The van der Waals surface area contributed by atoms with Crippen LogP contribution >= 0.6 is 0 Å². The molecule has 0 bridgehead atoms. The minimum Gasteiger partial charge on any atom is -0.446 e. The van der Waals surface area contributed by atoms with Crippen molar-refractivity contribution in [2.24, 2.45) is 17.3 Å². The van der Waals surface area contributed by atoms with E-state index in [9.17, 15) is 9.59 Å². The molecule has 0 aliphatic heterocycles. The van der Waals surface area contributed by atoms with Gasteiger partial charge in [0.25, 0.3) is 0 Å². The highest BCUT2D eigenvalue weighted by Gasteiger charge is 2.50. The fourth-order valence-electron chi connectivity index (χ4n) is 15.9. The van der Waals surface area contributed by atoms with Gasteiger partial charge in [-0.3, -0.25) is 14.6 Å². The van der Waals surface area contributed by atoms with E-state index >= 15 is 0 Å². The van der Waals surface area contributed by atoms with Crippen molar-refractivity contribution in [3.05, 3.63) is 0 Å². The lowest BCUT2D eigenvalue weighted by Gasteiger charge is -2.56. The van der Waals surface area contributed by atoms with Crippen molar-refractivity contribution < 1.29 is 19.1 Å². The van der Waals surface area contributed by atoms with Crippen LogP contribution in [0.5, 0.6) is 0 Å². The Bertz CT molecular complexity index is 1300. The van der Waals surface area contributed by atoms with Gasteiger partial charge in [-0.15, -0.1) is 0 Å². The number of rotatable bonds is 12. The fraction of sp³-hybridized carbons (Fsp3) is 0.962. The van der Waals surface area contributed by atoms with Crippen molar-refractivity contribution in [2.75, 3.05) is 7.11 Å². The number of alkyl carbamates (subject to hydrolysis) is 1. The predicted molar refractivity (Wildman–Crippen MR) is 243 cm³/mol. The van der Waals surface area contributed by atoms with Gasteiger partial charge in [-0.1, -0.05) is 57.8 Å². The Kier molecular flexibility index (Phi) is 16.6. The minimum absolute atomic E-state index is 0.0242. The van der Waals surface area contributed by atoms with E-state index in [1.807, 2.05) is 7.11 Å². The molecule has 4 atom stereocenters. The number of carbonyl (C=O) groups excluding carboxylic acids is 2. The van der Waals surface area contributed by atoms with Gasteiger partial charge in [0, 0.05) is 68.8 Å². The smallest absolute Gasteiger partial charge is 0.407 e. The Morgan fingerprint density at radius 2 is 0.867 bits per heavy atom. The predicted octanol–water partition coefficient (Wildman–Crippen LogP) is 11.8. The van der Waals surface area contributed by atoms with Crippen LogP contribution in [-0.4, -0.2) is 89.5 Å². The Morgan fingerprint density at radius 3 is 1.35 bits per heavy atom. The van der Waals surface area contributed by atoms with Crippen molar-refractivity contribution in [2.45, 2.75) is 292 Å². The molecule has 4 unspecified atom stereocenters. The first-order valence-electron chi connectivity index (χ1n) is 26.7. The van der Waals surface area contributed by atoms with Gasteiger partial charge in [-0.2, -0.15) is 0 Å². The summed E-state index contributed by atoms with van der Waals surface area (Å²) in [5.41, 5.74) is 0.589. The van der Waals surface area contributed by atoms with Crippen LogP contribution in [0.2, 0.25) is 0 Å². The zero-order valence-electron chi connectivity index (χ0n) is 38.7. The van der Waals surface area contributed by atoms with E-state index in [1.165, 1.54) is 186 Å². The van der Waals surface area contributed by atoms with Crippen LogP contribution in [0.25, 0.3) is 0 Å². The Morgan fingerprint density at radius 1 is 0.450 bits per heavy atom. The molecule has 0 heterocycles. The van der Waals surface area contributed by atoms with E-state index in [0.29, 0.717) is 29.6 Å². The van der Waals surface area contributed by atoms with Crippen molar-refractivity contribution in [3.63, 3.8) is 0 Å². The van der Waals surface area contributed by atoms with Crippen molar-refractivity contribution in [1.82, 2.24) is 20.4 Å². The molecule has 8 heteroatoms. The number of nitrogens with one attached hydrogen (secondary N) is 2. The van der Waals surface area contributed by atoms with Gasteiger partial charge in [0.15, 0.2) is 0 Å². The first-order chi connectivity index (χ1) is 29.4. The van der Waals surface area contributed by atoms with Crippen molar-refractivity contribution in [3.8, 4) is 0 Å². The monoisotopic (exact) mass is 835 g/mol. The summed E-state index contributed by atoms with van der Waals surface area (Å²) in [6.07, 6.45) is 46.7. The first kappa shape index (κ1) is 45.2. The molecule has 2 N–H and O–H groups in total. The molecular weight excluding hydrogens is 745 g/mol. The molecule has 2 amide bonds. The molecule has 342 valence electrons. The quantitative estimate of drug-likeness (QED) is 0.204. The summed E-state index contributed by atoms with van der Waals surface area (Å²) in [4.78, 5) is 31.0. The molecule has 0 aromatic carbocycles. The number of hydrogen-bond acceptors (Lipinski definition) is 6. The largest absolute Gasteiger partial charge is 0.446 e. The van der Waals surface area contributed by atoms with Crippen molar-refractivity contribution in [1.29, 1.82) is 0 Å². The van der Waals surface area contributed by atoms with Crippen LogP contribution in [0.1, 0.15) is 232 Å². The lowest BCUT2D eigenvalue weighted by molar-refractivity contribution is -0.119. The van der Waals surface area contributed by atoms with Crippen LogP contribution in [0.15, 0.2) is 0 Å². The SMILES string of the molecule is COC1CCCC(N(C2CCCCC2)C2CCC(C3(C4CCC(N(C5CCCCC5)C5CCCC(OC(=O)NC6CCC(NC(C)=O)CC6)C5)CC4)CCCCC3)CC2)C1. The number of hydrogen-bond donors (Lipinski definition) is 2. The van der Waals surface area contributed by atoms with Crippen LogP contribution < -0.4 is 10.6 Å². The van der Waals surface area contributed by atoms with Gasteiger partial charge in [-0.25, -0.2) is 4.79 Å². The van der Waals surface area contributed by atoms with E-state index in [0.717, 1.165) is 68.5 Å². The number of carbonyl (C=O) groups is 2. The van der Waals surface area contributed by atoms with Crippen molar-refractivity contribution >= 4 is 12.0 Å². The molecule has 8 nitrogen and oxygen atoms in total. The van der Waals surface area contributed by atoms with Crippen LogP contribution in [0, 0.1) is 17.3 Å². The minimum atomic E-state index is -0.212. The third-order valence-corrected chi connectivity index (χ3v) is 18.7. The maximum absolute atomic E-state index is 13.3. The Hall–Kier alpha value is -1.38. The highest BCUT2D eigenvalue weighted by atomic mass is 16.6. The average molecular weight is 835 g/mol. The molecule has 8 aliphatic carbocycles. The molecule has 8 rings (SSSR count). The van der Waals surface area contributed by atoms with E-state index in [2.05, 4.69) is 20.4 Å². The van der Waals surface area contributed by atoms with Gasteiger partial charge in [0.1, 0.15) is 6.10 Å². The molecule has 8 saturated carbocycles. The summed E-state index contributed by atoms with van der Waals surface area (Å²) in [6.45, 7) is 1.60. The average Bonchev–Trinajstić information content (AvgIpc) is 3.29. The van der Waals surface area contributed by atoms with E-state index < -0.39 is 0 Å². The highest BCUT2D eigenvalue weighted by molar-refractivity contribution is 5.73. The van der Waals surface area contributed by atoms with Crippen LogP contribution in [-0.2, 0) is 14.3 Å². The standard InChI is InChI=1S/C52H90N4O4/c1-38(57)53-41-26-28-42(29-27-41)54-51(58)60-50-21-13-19-48(37-50)56(44-16-8-4-9-17-44)46-32-24-40(25-33-46)52(34-10-5-11-35-52)39-22-30-45(31-23-39)55(43-14-6-3-7-15-43)47-18-12-20-49(36-47)59-2/h39-50H,3-37H2,1-2H3,(H,53,57)(H,54,58). The molecule has 8 aliphatic rings. The lowest BCUT2D eigenvalue weighted by atomic mass is 9.53. The summed E-state index contributed by atoms with van der Waals surface area (Å²) in [5.74, 6) is 1.89. The highest BCUT2D eigenvalue weighted by Crippen LogP contribution is 2.57. The lowest BCUT2D eigenvalue weighted by Crippen LogP contribution is -2.55. The fourth-order valence-corrected chi connectivity index (χ4v) is 15.9. The zero-order chi connectivity index (χ0) is 41.3. The maximum Gasteiger partial charge on any atom is 0.407 e. The molecule has 0 saturated heterocycles. The number of amides is 2. The van der Waals surface area contributed by atoms with Crippen LogP contribution in [0.3, 0.4) is 0 Å². The van der Waals surface area contributed by atoms with Gasteiger partial charge in [0.2, 0.25) is 5.91 Å². The third-order valence-electron chi connectivity index (χ3n) is 18.7. The molecule has 0 spiro atoms. The van der Waals surface area contributed by atoms with Crippen LogP contribution in [0.4, 0.5) is 4.79 Å². The molecule has 60 heavy (non-hydrogen) atoms. The number of ether oxygens (including phenoxy) is 2. The zero-order valence-corrected chi connectivity index (χ0v) is 38.7. The van der Waals surface area contributed by atoms with E-state index in [4.69, 9.17) is 9.47 Å². The maximum atomic E-state index is 13.3. The molecule has 0 aromatic rings. The molecular formula is C52H90N4O4. The summed E-state index contributed by atoms with van der Waals surface area (Å²) in [5, 5.41) is 6.28. The topological polar surface area (TPSA) is 83.1 Å². The summed E-state index contributed by atoms with van der Waals surface area (Å²) in [6, 6.07) is 4.72. The third kappa shape index (κ3) is 11.3. The summed E-state index contributed by atoms with van der Waals surface area (Å²) < 4.78 is 12.3. The van der Waals surface area contributed by atoms with Gasteiger partial charge < -0.3 is 20.1 Å².